The molecular formula is C13H24N2O. The molecule has 1 rings (SSSR count). The van der Waals surface area contributed by atoms with E-state index in [-0.39, 0.29) is 0 Å². The van der Waals surface area contributed by atoms with Gasteiger partial charge in [0.25, 0.3) is 0 Å². The number of nitrogens with one attached hydrogen (secondary N) is 1. The Kier molecular flexibility index (Phi) is 6.19. The second-order valence-corrected chi connectivity index (χ2v) is 4.30. The lowest BCUT2D eigenvalue weighted by Gasteiger charge is -2.07. The molecule has 0 saturated heterocycles. The summed E-state index contributed by atoms with van der Waals surface area (Å²) in [5, 5.41) is 3.42. The second kappa shape index (κ2) is 7.47. The first-order valence-corrected chi connectivity index (χ1v) is 6.19. The van der Waals surface area contributed by atoms with Gasteiger partial charge < -0.3 is 14.6 Å². The quantitative estimate of drug-likeness (QED) is 0.686. The molecule has 1 aromatic rings. The number of rotatable bonds is 8. The minimum Gasteiger partial charge on any atom is -0.379 e. The topological polar surface area (TPSA) is 26.2 Å². The third-order valence-electron chi connectivity index (χ3n) is 2.46. The molecule has 0 radical (unpaired) electrons. The van der Waals surface area contributed by atoms with Gasteiger partial charge >= 0.3 is 0 Å². The van der Waals surface area contributed by atoms with Gasteiger partial charge in [0.1, 0.15) is 0 Å². The highest BCUT2D eigenvalue weighted by Crippen LogP contribution is 2.00. The summed E-state index contributed by atoms with van der Waals surface area (Å²) >= 11 is 0. The normalized spacial score (nSPS) is 11.2. The van der Waals surface area contributed by atoms with E-state index in [1.165, 1.54) is 5.56 Å². The minimum absolute atomic E-state index is 0.346. The summed E-state index contributed by atoms with van der Waals surface area (Å²) < 4.78 is 7.66. The average molecular weight is 224 g/mol. The molecule has 3 heteroatoms. The molecule has 16 heavy (non-hydrogen) atoms. The summed E-state index contributed by atoms with van der Waals surface area (Å²) in [5.41, 5.74) is 1.35. The Hall–Kier alpha value is -0.800. The van der Waals surface area contributed by atoms with Gasteiger partial charge in [-0.05, 0) is 45.4 Å². The molecule has 1 aromatic heterocycles. The van der Waals surface area contributed by atoms with Crippen molar-refractivity contribution in [2.75, 3.05) is 13.2 Å². The SMILES string of the molecule is CCn1ccc(CNCCCOC(C)C)c1. The molecule has 0 aliphatic carbocycles. The zero-order valence-electron chi connectivity index (χ0n) is 10.7. The van der Waals surface area contributed by atoms with Crippen LogP contribution in [0.1, 0.15) is 32.8 Å². The number of hydrogen-bond donors (Lipinski definition) is 1. The highest BCUT2D eigenvalue weighted by molar-refractivity contribution is 5.09. The lowest BCUT2D eigenvalue weighted by molar-refractivity contribution is 0.0770. The fraction of sp³-hybridized carbons (Fsp3) is 0.692. The van der Waals surface area contributed by atoms with Gasteiger partial charge in [-0.1, -0.05) is 0 Å². The molecular weight excluding hydrogens is 200 g/mol. The maximum atomic E-state index is 5.47. The van der Waals surface area contributed by atoms with Crippen molar-refractivity contribution >= 4 is 0 Å². The van der Waals surface area contributed by atoms with E-state index in [0.717, 1.165) is 32.7 Å². The van der Waals surface area contributed by atoms with Crippen LogP contribution in [-0.2, 0) is 17.8 Å². The Balaban J connectivity index is 2.02. The molecule has 1 N–H and O–H groups in total. The van der Waals surface area contributed by atoms with Gasteiger partial charge in [-0.25, -0.2) is 0 Å². The molecule has 0 bridgehead atoms. The number of nitrogens with zero attached hydrogens (tertiary/aromatic N) is 1. The number of ether oxygens (including phenoxy) is 1. The molecule has 0 amide bonds. The molecule has 0 unspecified atom stereocenters. The van der Waals surface area contributed by atoms with Crippen molar-refractivity contribution in [2.24, 2.45) is 0 Å². The van der Waals surface area contributed by atoms with Gasteiger partial charge in [0, 0.05) is 32.1 Å². The Labute approximate surface area is 98.8 Å². The van der Waals surface area contributed by atoms with Crippen LogP contribution < -0.4 is 5.32 Å². The summed E-state index contributed by atoms with van der Waals surface area (Å²) in [5.74, 6) is 0. The van der Waals surface area contributed by atoms with E-state index < -0.39 is 0 Å². The van der Waals surface area contributed by atoms with Crippen LogP contribution in [0, 0.1) is 0 Å². The van der Waals surface area contributed by atoms with E-state index in [1.807, 2.05) is 0 Å². The van der Waals surface area contributed by atoms with Crippen LogP contribution >= 0.6 is 0 Å². The standard InChI is InChI=1S/C13H24N2O/c1-4-15-8-6-13(11-15)10-14-7-5-9-16-12(2)3/h6,8,11-12,14H,4-5,7,9-10H2,1-3H3. The number of aryl methyl sites for hydroxylation is 1. The highest BCUT2D eigenvalue weighted by atomic mass is 16.5. The first-order chi connectivity index (χ1) is 7.72. The Bertz CT molecular complexity index is 281. The van der Waals surface area contributed by atoms with Crippen LogP contribution in [-0.4, -0.2) is 23.8 Å². The van der Waals surface area contributed by atoms with Gasteiger partial charge in [0.05, 0.1) is 6.10 Å². The van der Waals surface area contributed by atoms with Gasteiger partial charge in [-0.15, -0.1) is 0 Å². The van der Waals surface area contributed by atoms with E-state index >= 15 is 0 Å². The van der Waals surface area contributed by atoms with Crippen molar-refractivity contribution in [3.63, 3.8) is 0 Å². The third kappa shape index (κ3) is 5.33. The minimum atomic E-state index is 0.346. The van der Waals surface area contributed by atoms with Crippen LogP contribution in [0.15, 0.2) is 18.5 Å². The largest absolute Gasteiger partial charge is 0.379 e. The maximum absolute atomic E-state index is 5.47. The first-order valence-electron chi connectivity index (χ1n) is 6.19. The first kappa shape index (κ1) is 13.3. The van der Waals surface area contributed by atoms with Crippen molar-refractivity contribution in [3.8, 4) is 0 Å². The molecule has 0 spiro atoms. The summed E-state index contributed by atoms with van der Waals surface area (Å²) in [6.45, 7) is 10.2. The van der Waals surface area contributed by atoms with Gasteiger partial charge in [-0.3, -0.25) is 0 Å². The van der Waals surface area contributed by atoms with E-state index in [4.69, 9.17) is 4.74 Å². The molecule has 0 aromatic carbocycles. The average Bonchev–Trinajstić information content (AvgIpc) is 2.70. The van der Waals surface area contributed by atoms with Crippen molar-refractivity contribution in [1.82, 2.24) is 9.88 Å². The molecule has 0 aliphatic heterocycles. The predicted molar refractivity (Wildman–Crippen MR) is 67.5 cm³/mol. The fourth-order valence-corrected chi connectivity index (χ4v) is 1.54. The Morgan fingerprint density at radius 2 is 2.25 bits per heavy atom. The lowest BCUT2D eigenvalue weighted by atomic mass is 10.3. The highest BCUT2D eigenvalue weighted by Gasteiger charge is 1.96. The van der Waals surface area contributed by atoms with E-state index in [2.05, 4.69) is 49.1 Å². The molecule has 92 valence electrons. The molecule has 0 atom stereocenters. The van der Waals surface area contributed by atoms with Gasteiger partial charge in [0.15, 0.2) is 0 Å². The van der Waals surface area contributed by atoms with Crippen molar-refractivity contribution in [1.29, 1.82) is 0 Å². The molecule has 1 heterocycles. The number of aromatic nitrogens is 1. The van der Waals surface area contributed by atoms with Crippen LogP contribution in [0.3, 0.4) is 0 Å². The van der Waals surface area contributed by atoms with E-state index in [9.17, 15) is 0 Å². The zero-order valence-corrected chi connectivity index (χ0v) is 10.7. The Morgan fingerprint density at radius 3 is 2.88 bits per heavy atom. The van der Waals surface area contributed by atoms with Crippen molar-refractivity contribution in [3.05, 3.63) is 24.0 Å². The zero-order chi connectivity index (χ0) is 11.8. The summed E-state index contributed by atoms with van der Waals surface area (Å²) in [4.78, 5) is 0. The molecule has 0 saturated carbocycles. The summed E-state index contributed by atoms with van der Waals surface area (Å²) in [7, 11) is 0. The molecule has 3 nitrogen and oxygen atoms in total. The monoisotopic (exact) mass is 224 g/mol. The van der Waals surface area contributed by atoms with Crippen molar-refractivity contribution in [2.45, 2.75) is 46.4 Å². The molecule has 0 aliphatic rings. The van der Waals surface area contributed by atoms with Gasteiger partial charge in [0.2, 0.25) is 0 Å². The van der Waals surface area contributed by atoms with Crippen LogP contribution in [0.25, 0.3) is 0 Å². The van der Waals surface area contributed by atoms with Crippen LogP contribution in [0.5, 0.6) is 0 Å². The molecule has 0 fully saturated rings. The second-order valence-electron chi connectivity index (χ2n) is 4.30. The van der Waals surface area contributed by atoms with Crippen LogP contribution in [0.2, 0.25) is 0 Å². The van der Waals surface area contributed by atoms with Crippen molar-refractivity contribution < 1.29 is 4.74 Å². The predicted octanol–water partition coefficient (Wildman–Crippen LogP) is 2.41. The van der Waals surface area contributed by atoms with Gasteiger partial charge in [-0.2, -0.15) is 0 Å². The maximum Gasteiger partial charge on any atom is 0.0518 e. The van der Waals surface area contributed by atoms with Crippen LogP contribution in [0.4, 0.5) is 0 Å². The third-order valence-corrected chi connectivity index (χ3v) is 2.46. The fourth-order valence-electron chi connectivity index (χ4n) is 1.54. The van der Waals surface area contributed by atoms with E-state index in [0.29, 0.717) is 6.10 Å². The summed E-state index contributed by atoms with van der Waals surface area (Å²) in [6, 6.07) is 2.17. The number of hydrogen-bond acceptors (Lipinski definition) is 2. The lowest BCUT2D eigenvalue weighted by Crippen LogP contribution is -2.17. The van der Waals surface area contributed by atoms with E-state index in [1.54, 1.807) is 0 Å². The summed E-state index contributed by atoms with van der Waals surface area (Å²) in [6.07, 6.45) is 5.74. The smallest absolute Gasteiger partial charge is 0.0518 e. The Morgan fingerprint density at radius 1 is 1.44 bits per heavy atom.